The number of fused-ring (bicyclic) bond motifs is 10. The minimum atomic E-state index is 0.680. The van der Waals surface area contributed by atoms with Gasteiger partial charge in [0, 0.05) is 53.1 Å². The van der Waals surface area contributed by atoms with E-state index in [2.05, 4.69) is 108 Å². The van der Waals surface area contributed by atoms with Crippen LogP contribution in [0.25, 0.3) is 92.4 Å². The van der Waals surface area contributed by atoms with E-state index in [1.54, 1.807) is 0 Å². The summed E-state index contributed by atoms with van der Waals surface area (Å²) in [6.07, 6.45) is 0. The Kier molecular flexibility index (Phi) is 5.12. The molecule has 210 valence electrons. The maximum Gasteiger partial charge on any atom is 0.180 e. The fourth-order valence-electron chi connectivity index (χ4n) is 6.81. The Balaban J connectivity index is 1.25. The van der Waals surface area contributed by atoms with Crippen LogP contribution in [-0.2, 0) is 0 Å². The average molecular weight is 594 g/mol. The van der Waals surface area contributed by atoms with Crippen molar-refractivity contribution in [2.75, 3.05) is 0 Å². The summed E-state index contributed by atoms with van der Waals surface area (Å²) in [6, 6.07) is 48.9. The molecule has 10 rings (SSSR count). The van der Waals surface area contributed by atoms with E-state index in [0.717, 1.165) is 39.0 Å². The maximum absolute atomic E-state index is 6.45. The van der Waals surface area contributed by atoms with Crippen molar-refractivity contribution < 1.29 is 4.42 Å². The molecule has 6 aromatic carbocycles. The third-order valence-corrected chi connectivity index (χ3v) is 10.0. The normalized spacial score (nSPS) is 12.0. The van der Waals surface area contributed by atoms with Crippen LogP contribution < -0.4 is 0 Å². The van der Waals surface area contributed by atoms with Crippen LogP contribution in [-0.4, -0.2) is 14.5 Å². The Labute approximate surface area is 261 Å². The number of nitrogens with zero attached hydrogens (tertiary/aromatic N) is 3. The number of benzene rings is 6. The molecule has 0 amide bonds. The first-order chi connectivity index (χ1) is 22.3. The molecule has 5 heteroatoms. The molecule has 0 radical (unpaired) electrons. The minimum absolute atomic E-state index is 0.680. The van der Waals surface area contributed by atoms with Crippen molar-refractivity contribution in [3.05, 3.63) is 140 Å². The molecule has 0 spiro atoms. The second kappa shape index (κ2) is 9.36. The van der Waals surface area contributed by atoms with Gasteiger partial charge in [-0.15, -0.1) is 11.3 Å². The van der Waals surface area contributed by atoms with Gasteiger partial charge in [0.25, 0.3) is 0 Å². The quantitative estimate of drug-likeness (QED) is 0.205. The van der Waals surface area contributed by atoms with Crippen molar-refractivity contribution >= 4 is 75.4 Å². The zero-order valence-electron chi connectivity index (χ0n) is 23.9. The van der Waals surface area contributed by atoms with Gasteiger partial charge in [-0.2, -0.15) is 0 Å². The van der Waals surface area contributed by atoms with Crippen molar-refractivity contribution in [1.29, 1.82) is 0 Å². The average Bonchev–Trinajstić information content (AvgIpc) is 3.78. The summed E-state index contributed by atoms with van der Waals surface area (Å²) >= 11 is 1.87. The van der Waals surface area contributed by atoms with Gasteiger partial charge < -0.3 is 8.98 Å². The lowest BCUT2D eigenvalue weighted by molar-refractivity contribution is 0.667. The first kappa shape index (κ1) is 24.6. The number of thiophene rings is 1. The number of hydrogen-bond donors (Lipinski definition) is 0. The first-order valence-corrected chi connectivity index (χ1v) is 15.8. The molecule has 0 saturated carbocycles. The first-order valence-electron chi connectivity index (χ1n) is 15.0. The van der Waals surface area contributed by atoms with Crippen molar-refractivity contribution in [3.8, 4) is 28.3 Å². The minimum Gasteiger partial charge on any atom is -0.452 e. The summed E-state index contributed by atoms with van der Waals surface area (Å²) in [6.45, 7) is 0. The number of rotatable bonds is 3. The van der Waals surface area contributed by atoms with Gasteiger partial charge in [0.15, 0.2) is 11.4 Å². The second-order valence-electron chi connectivity index (χ2n) is 11.4. The van der Waals surface area contributed by atoms with Crippen LogP contribution >= 0.6 is 11.3 Å². The highest BCUT2D eigenvalue weighted by Gasteiger charge is 2.20. The Morgan fingerprint density at radius 3 is 2.22 bits per heavy atom. The Morgan fingerprint density at radius 1 is 0.556 bits per heavy atom. The smallest absolute Gasteiger partial charge is 0.180 e. The molecule has 4 heterocycles. The molecule has 45 heavy (non-hydrogen) atoms. The zero-order valence-corrected chi connectivity index (χ0v) is 24.8. The Morgan fingerprint density at radius 2 is 1.31 bits per heavy atom. The fourth-order valence-corrected chi connectivity index (χ4v) is 8.07. The molecular formula is C40H23N3OS. The van der Waals surface area contributed by atoms with Crippen molar-refractivity contribution in [2.24, 2.45) is 0 Å². The molecule has 10 aromatic rings. The van der Waals surface area contributed by atoms with Gasteiger partial charge in [-0.05, 0) is 42.5 Å². The standard InChI is InChI=1S/C40H23N3OS/c1-2-11-24(12-3-1)40-41-36(38-37(42-40)30-17-5-8-19-33(30)44-38)25-13-10-14-26(23-25)43-31-18-7-4-16-29(31)35-32(43)22-21-28-27-15-6-9-20-34(27)45-39(28)35/h1-23H. The van der Waals surface area contributed by atoms with Crippen molar-refractivity contribution in [2.45, 2.75) is 0 Å². The Hall–Kier alpha value is -5.78. The van der Waals surface area contributed by atoms with Crippen LogP contribution in [0.5, 0.6) is 0 Å². The van der Waals surface area contributed by atoms with Gasteiger partial charge in [0.2, 0.25) is 0 Å². The monoisotopic (exact) mass is 593 g/mol. The fraction of sp³-hybridized carbons (Fsp3) is 0. The van der Waals surface area contributed by atoms with Gasteiger partial charge >= 0.3 is 0 Å². The maximum atomic E-state index is 6.45. The van der Waals surface area contributed by atoms with E-state index in [4.69, 9.17) is 14.4 Å². The summed E-state index contributed by atoms with van der Waals surface area (Å²) in [7, 11) is 0. The van der Waals surface area contributed by atoms with Crippen LogP contribution in [0.1, 0.15) is 0 Å². The number of furan rings is 1. The number of aromatic nitrogens is 3. The van der Waals surface area contributed by atoms with Gasteiger partial charge in [0.1, 0.15) is 16.8 Å². The van der Waals surface area contributed by atoms with E-state index in [1.165, 1.54) is 42.0 Å². The van der Waals surface area contributed by atoms with E-state index in [-0.39, 0.29) is 0 Å². The topological polar surface area (TPSA) is 43.9 Å². The zero-order chi connectivity index (χ0) is 29.5. The third-order valence-electron chi connectivity index (χ3n) is 8.81. The molecule has 0 N–H and O–H groups in total. The lowest BCUT2D eigenvalue weighted by Crippen LogP contribution is -1.97. The van der Waals surface area contributed by atoms with Crippen LogP contribution in [0.15, 0.2) is 144 Å². The van der Waals surface area contributed by atoms with E-state index in [1.807, 2.05) is 47.7 Å². The van der Waals surface area contributed by atoms with Crippen LogP contribution in [0.2, 0.25) is 0 Å². The van der Waals surface area contributed by atoms with Crippen molar-refractivity contribution in [1.82, 2.24) is 14.5 Å². The molecule has 0 bridgehead atoms. The summed E-state index contributed by atoms with van der Waals surface area (Å²) < 4.78 is 11.5. The predicted molar refractivity (Wildman–Crippen MR) is 187 cm³/mol. The van der Waals surface area contributed by atoms with E-state index >= 15 is 0 Å². The molecule has 0 aliphatic rings. The SMILES string of the molecule is c1ccc(-c2nc(-c3cccc(-n4c5ccccc5c5c6sc7ccccc7c6ccc54)c3)c3oc4ccccc4c3n2)cc1. The summed E-state index contributed by atoms with van der Waals surface area (Å²) in [5.74, 6) is 0.680. The van der Waals surface area contributed by atoms with Crippen LogP contribution in [0.3, 0.4) is 0 Å². The predicted octanol–water partition coefficient (Wildman–Crippen LogP) is 11.2. The number of para-hydroxylation sites is 2. The molecule has 0 atom stereocenters. The summed E-state index contributed by atoms with van der Waals surface area (Å²) in [5.41, 5.74) is 8.49. The highest BCUT2D eigenvalue weighted by atomic mass is 32.1. The van der Waals surface area contributed by atoms with E-state index in [0.29, 0.717) is 11.4 Å². The van der Waals surface area contributed by atoms with Gasteiger partial charge in [-0.25, -0.2) is 9.97 Å². The Bertz CT molecular complexity index is 2770. The van der Waals surface area contributed by atoms with Crippen LogP contribution in [0, 0.1) is 0 Å². The summed E-state index contributed by atoms with van der Waals surface area (Å²) in [5, 5.41) is 6.15. The van der Waals surface area contributed by atoms with E-state index in [9.17, 15) is 0 Å². The molecule has 0 saturated heterocycles. The van der Waals surface area contributed by atoms with Gasteiger partial charge in [-0.3, -0.25) is 0 Å². The van der Waals surface area contributed by atoms with Gasteiger partial charge in [0.05, 0.1) is 11.0 Å². The van der Waals surface area contributed by atoms with Gasteiger partial charge in [-0.1, -0.05) is 97.1 Å². The molecule has 4 nitrogen and oxygen atoms in total. The molecule has 0 aliphatic heterocycles. The molecule has 0 aliphatic carbocycles. The number of hydrogen-bond acceptors (Lipinski definition) is 4. The molecule has 0 fully saturated rings. The summed E-state index contributed by atoms with van der Waals surface area (Å²) in [4.78, 5) is 10.1. The molecular weight excluding hydrogens is 571 g/mol. The van der Waals surface area contributed by atoms with Crippen molar-refractivity contribution in [3.63, 3.8) is 0 Å². The molecule has 4 aromatic heterocycles. The van der Waals surface area contributed by atoms with E-state index < -0.39 is 0 Å². The highest BCUT2D eigenvalue weighted by molar-refractivity contribution is 7.26. The third kappa shape index (κ3) is 3.59. The lowest BCUT2D eigenvalue weighted by Gasteiger charge is -2.11. The lowest BCUT2D eigenvalue weighted by atomic mass is 10.1. The second-order valence-corrected chi connectivity index (χ2v) is 12.4. The molecule has 0 unspecified atom stereocenters. The van der Waals surface area contributed by atoms with Crippen LogP contribution in [0.4, 0.5) is 0 Å². The largest absolute Gasteiger partial charge is 0.452 e. The highest BCUT2D eigenvalue weighted by Crippen LogP contribution is 2.44.